The molecule has 1 aliphatic heterocycles. The molecule has 0 atom stereocenters. The van der Waals surface area contributed by atoms with Crippen molar-refractivity contribution in [3.05, 3.63) is 95.6 Å². The van der Waals surface area contributed by atoms with E-state index in [1.807, 2.05) is 6.07 Å². The lowest BCUT2D eigenvalue weighted by Crippen LogP contribution is -2.35. The lowest BCUT2D eigenvalue weighted by molar-refractivity contribution is 0.0698. The second-order valence-corrected chi connectivity index (χ2v) is 9.34. The van der Waals surface area contributed by atoms with Gasteiger partial charge in [0.2, 0.25) is 0 Å². The van der Waals surface area contributed by atoms with Crippen LogP contribution in [0.2, 0.25) is 0 Å². The van der Waals surface area contributed by atoms with E-state index in [2.05, 4.69) is 34.5 Å². The van der Waals surface area contributed by atoms with E-state index in [-0.39, 0.29) is 11.5 Å². The largest absolute Gasteiger partial charge is 0.496 e. The van der Waals surface area contributed by atoms with Crippen LogP contribution in [0.3, 0.4) is 0 Å². The molecule has 0 saturated carbocycles. The predicted molar refractivity (Wildman–Crippen MR) is 145 cm³/mol. The number of carbonyl (C=O) groups is 2. The third-order valence-corrected chi connectivity index (χ3v) is 6.94. The number of ether oxygens (including phenoxy) is 1. The van der Waals surface area contributed by atoms with Gasteiger partial charge < -0.3 is 20.1 Å². The van der Waals surface area contributed by atoms with E-state index in [1.54, 1.807) is 48.5 Å². The van der Waals surface area contributed by atoms with Gasteiger partial charge in [-0.05, 0) is 67.1 Å². The summed E-state index contributed by atoms with van der Waals surface area (Å²) in [7, 11) is 1.51. The van der Waals surface area contributed by atoms with E-state index in [9.17, 15) is 14.7 Å². The van der Waals surface area contributed by atoms with Crippen molar-refractivity contribution in [1.82, 2.24) is 4.98 Å². The molecule has 5 rings (SSSR count). The topological polar surface area (TPSA) is 91.8 Å². The maximum absolute atomic E-state index is 12.8. The van der Waals surface area contributed by atoms with Gasteiger partial charge in [-0.25, -0.2) is 9.78 Å². The summed E-state index contributed by atoms with van der Waals surface area (Å²) in [6, 6.07) is 24.3. The molecule has 7 heteroatoms. The molecule has 1 saturated heterocycles. The Labute approximate surface area is 215 Å². The standard InChI is InChI=1S/C30H29N3O4/c1-37-27-10-6-5-9-23(27)29(34)31-22-11-12-26-24(18-22)25(30(35)36)19-28(32-26)33-15-13-21(14-16-33)17-20-7-3-2-4-8-20/h2-12,18-19,21H,13-17H2,1H3,(H,31,34)(H,35,36). The van der Waals surface area contributed by atoms with E-state index in [0.29, 0.717) is 39.6 Å². The fraction of sp³-hybridized carbons (Fsp3) is 0.233. The third-order valence-electron chi connectivity index (χ3n) is 6.94. The number of hydrogen-bond acceptors (Lipinski definition) is 5. The molecular formula is C30H29N3O4. The van der Waals surface area contributed by atoms with Gasteiger partial charge in [0.1, 0.15) is 11.6 Å². The summed E-state index contributed by atoms with van der Waals surface area (Å²) in [5.41, 5.74) is 2.98. The highest BCUT2D eigenvalue weighted by molar-refractivity contribution is 6.09. The first-order valence-electron chi connectivity index (χ1n) is 12.4. The van der Waals surface area contributed by atoms with Crippen LogP contribution in [0.1, 0.15) is 39.1 Å². The van der Waals surface area contributed by atoms with Crippen LogP contribution in [0.25, 0.3) is 10.9 Å². The van der Waals surface area contributed by atoms with Crippen molar-refractivity contribution in [3.63, 3.8) is 0 Å². The lowest BCUT2D eigenvalue weighted by atomic mass is 9.90. The summed E-state index contributed by atoms with van der Waals surface area (Å²) in [4.78, 5) is 32.0. The second-order valence-electron chi connectivity index (χ2n) is 9.34. The van der Waals surface area contributed by atoms with Gasteiger partial charge in [0.15, 0.2) is 0 Å². The highest BCUT2D eigenvalue weighted by atomic mass is 16.5. The minimum absolute atomic E-state index is 0.166. The number of methoxy groups -OCH3 is 1. The van der Waals surface area contributed by atoms with Crippen LogP contribution in [-0.4, -0.2) is 42.2 Å². The van der Waals surface area contributed by atoms with Crippen LogP contribution in [0, 0.1) is 5.92 Å². The molecule has 4 aromatic rings. The number of para-hydroxylation sites is 1. The number of rotatable bonds is 7. The summed E-state index contributed by atoms with van der Waals surface area (Å²) in [6.07, 6.45) is 3.12. The number of pyridine rings is 1. The van der Waals surface area contributed by atoms with E-state index in [4.69, 9.17) is 9.72 Å². The average molecular weight is 496 g/mol. The Kier molecular flexibility index (Phi) is 7.03. The van der Waals surface area contributed by atoms with Crippen LogP contribution in [-0.2, 0) is 6.42 Å². The van der Waals surface area contributed by atoms with Gasteiger partial charge in [0, 0.05) is 24.2 Å². The van der Waals surface area contributed by atoms with Gasteiger partial charge in [-0.2, -0.15) is 0 Å². The number of carbonyl (C=O) groups excluding carboxylic acids is 1. The van der Waals surface area contributed by atoms with Crippen LogP contribution in [0.4, 0.5) is 11.5 Å². The zero-order valence-electron chi connectivity index (χ0n) is 20.7. The molecule has 0 radical (unpaired) electrons. The van der Waals surface area contributed by atoms with E-state index < -0.39 is 5.97 Å². The maximum Gasteiger partial charge on any atom is 0.336 e. The normalized spacial score (nSPS) is 13.9. The predicted octanol–water partition coefficient (Wildman–Crippen LogP) is 5.65. The Morgan fingerprint density at radius 2 is 1.70 bits per heavy atom. The average Bonchev–Trinajstić information content (AvgIpc) is 2.93. The Balaban J connectivity index is 1.35. The Morgan fingerprint density at radius 1 is 0.973 bits per heavy atom. The number of nitrogens with zero attached hydrogens (tertiary/aromatic N) is 2. The quantitative estimate of drug-likeness (QED) is 0.344. The van der Waals surface area contributed by atoms with E-state index >= 15 is 0 Å². The van der Waals surface area contributed by atoms with Crippen molar-refractivity contribution in [2.24, 2.45) is 5.92 Å². The summed E-state index contributed by atoms with van der Waals surface area (Å²) >= 11 is 0. The summed E-state index contributed by atoms with van der Waals surface area (Å²) in [5, 5.41) is 13.3. The van der Waals surface area contributed by atoms with Crippen molar-refractivity contribution in [2.75, 3.05) is 30.4 Å². The molecule has 188 valence electrons. The van der Waals surface area contributed by atoms with Gasteiger partial charge in [0.25, 0.3) is 5.91 Å². The minimum atomic E-state index is -1.03. The number of nitrogens with one attached hydrogen (secondary N) is 1. The van der Waals surface area contributed by atoms with Crippen molar-refractivity contribution in [1.29, 1.82) is 0 Å². The molecule has 2 heterocycles. The molecule has 0 bridgehead atoms. The Morgan fingerprint density at radius 3 is 2.43 bits per heavy atom. The van der Waals surface area contributed by atoms with Crippen LogP contribution >= 0.6 is 0 Å². The maximum atomic E-state index is 12.8. The number of amides is 1. The number of carboxylic acids is 1. The minimum Gasteiger partial charge on any atom is -0.496 e. The molecule has 37 heavy (non-hydrogen) atoms. The number of hydrogen-bond donors (Lipinski definition) is 2. The molecule has 1 aliphatic rings. The fourth-order valence-corrected chi connectivity index (χ4v) is 4.97. The van der Waals surface area contributed by atoms with Crippen molar-refractivity contribution >= 4 is 34.3 Å². The first kappa shape index (κ1) is 24.3. The second kappa shape index (κ2) is 10.7. The highest BCUT2D eigenvalue weighted by Crippen LogP contribution is 2.30. The third kappa shape index (κ3) is 5.40. The lowest BCUT2D eigenvalue weighted by Gasteiger charge is -2.33. The molecule has 1 amide bonds. The van der Waals surface area contributed by atoms with Crippen LogP contribution < -0.4 is 15.0 Å². The van der Waals surface area contributed by atoms with E-state index in [0.717, 1.165) is 32.4 Å². The first-order valence-corrected chi connectivity index (χ1v) is 12.4. The number of carboxylic acid groups (broad SMARTS) is 1. The molecule has 3 aromatic carbocycles. The van der Waals surface area contributed by atoms with Crippen LogP contribution in [0.5, 0.6) is 5.75 Å². The number of piperidine rings is 1. The zero-order valence-corrected chi connectivity index (χ0v) is 20.7. The number of aromatic nitrogens is 1. The van der Waals surface area contributed by atoms with Gasteiger partial charge in [-0.3, -0.25) is 4.79 Å². The number of anilines is 2. The molecule has 7 nitrogen and oxygen atoms in total. The highest BCUT2D eigenvalue weighted by Gasteiger charge is 2.23. The van der Waals surface area contributed by atoms with Crippen LogP contribution in [0.15, 0.2) is 78.9 Å². The van der Waals surface area contributed by atoms with Gasteiger partial charge in [0.05, 0.1) is 23.8 Å². The number of benzene rings is 3. The molecule has 0 unspecified atom stereocenters. The summed E-state index contributed by atoms with van der Waals surface area (Å²) in [6.45, 7) is 1.67. The molecule has 1 fully saturated rings. The molecule has 0 aliphatic carbocycles. The monoisotopic (exact) mass is 495 g/mol. The van der Waals surface area contributed by atoms with Gasteiger partial charge in [-0.1, -0.05) is 42.5 Å². The summed E-state index contributed by atoms with van der Waals surface area (Å²) < 4.78 is 5.28. The SMILES string of the molecule is COc1ccccc1C(=O)Nc1ccc2nc(N3CCC(Cc4ccccc4)CC3)cc(C(=O)O)c2c1. The van der Waals surface area contributed by atoms with Gasteiger partial charge >= 0.3 is 5.97 Å². The van der Waals surface area contributed by atoms with E-state index in [1.165, 1.54) is 12.7 Å². The van der Waals surface area contributed by atoms with Crippen molar-refractivity contribution < 1.29 is 19.4 Å². The number of fused-ring (bicyclic) bond motifs is 1. The smallest absolute Gasteiger partial charge is 0.336 e. The Bertz CT molecular complexity index is 1430. The fourth-order valence-electron chi connectivity index (χ4n) is 4.97. The Hall–Kier alpha value is -4.39. The molecule has 2 N–H and O–H groups in total. The number of aromatic carboxylic acids is 1. The zero-order chi connectivity index (χ0) is 25.8. The molecule has 1 aromatic heterocycles. The van der Waals surface area contributed by atoms with Crippen molar-refractivity contribution in [3.8, 4) is 5.75 Å². The van der Waals surface area contributed by atoms with Gasteiger partial charge in [-0.15, -0.1) is 0 Å². The molecule has 0 spiro atoms. The molecular weight excluding hydrogens is 466 g/mol. The summed E-state index contributed by atoms with van der Waals surface area (Å²) in [5.74, 6) is 0.379. The van der Waals surface area contributed by atoms with Crippen molar-refractivity contribution in [2.45, 2.75) is 19.3 Å². The first-order chi connectivity index (χ1) is 18.0.